The van der Waals surface area contributed by atoms with E-state index in [2.05, 4.69) is 93.3 Å². The summed E-state index contributed by atoms with van der Waals surface area (Å²) >= 11 is 0. The Morgan fingerprint density at radius 1 is 0.613 bits per heavy atom. The molecule has 2 heterocycles. The van der Waals surface area contributed by atoms with Crippen LogP contribution in [0.2, 0.25) is 26.2 Å². The number of benzene rings is 2. The van der Waals surface area contributed by atoms with Crippen molar-refractivity contribution in [2.45, 2.75) is 75.2 Å². The normalized spacial score (nSPS) is 27.7. The second-order valence-corrected chi connectivity index (χ2v) is 19.9. The summed E-state index contributed by atoms with van der Waals surface area (Å²) in [7, 11) is -3.95. The van der Waals surface area contributed by atoms with E-state index < -0.39 is 16.1 Å². The monoisotopic (exact) mass is 451 g/mol. The fourth-order valence-electron chi connectivity index (χ4n) is 5.78. The number of hydrogen-bond acceptors (Lipinski definition) is 2. The third-order valence-corrected chi connectivity index (χ3v) is 17.0. The van der Waals surface area contributed by atoms with Crippen molar-refractivity contribution in [3.63, 3.8) is 0 Å². The summed E-state index contributed by atoms with van der Waals surface area (Å²) in [5.41, 5.74) is 0. The molecule has 2 aliphatic heterocycles. The number of ether oxygens (including phenoxy) is 2. The molecule has 2 fully saturated rings. The molecule has 0 bridgehead atoms. The van der Waals surface area contributed by atoms with Crippen LogP contribution in [-0.2, 0) is 9.47 Å². The summed E-state index contributed by atoms with van der Waals surface area (Å²) in [5, 5.41) is 2.59. The number of hydrogen-bond donors (Lipinski definition) is 0. The third-order valence-electron chi connectivity index (χ3n) is 8.18. The highest BCUT2D eigenvalue weighted by molar-refractivity contribution is 6.94. The van der Waals surface area contributed by atoms with Crippen molar-refractivity contribution >= 4 is 26.5 Å². The maximum absolute atomic E-state index is 6.89. The topological polar surface area (TPSA) is 18.5 Å². The Morgan fingerprint density at radius 3 is 1.32 bits per heavy atom. The molecule has 2 aromatic rings. The first kappa shape index (κ1) is 23.0. The van der Waals surface area contributed by atoms with Crippen LogP contribution in [0.5, 0.6) is 0 Å². The molecule has 2 saturated heterocycles. The first-order valence-electron chi connectivity index (χ1n) is 12.1. The fraction of sp³-hybridized carbons (Fsp3) is 0.519. The van der Waals surface area contributed by atoms with Gasteiger partial charge in [-0.3, -0.25) is 0 Å². The van der Waals surface area contributed by atoms with E-state index in [9.17, 15) is 0 Å². The standard InChI is InChI=1S/C27H39O2Si2/c1-30(2,24-15-7-5-8-16-24)26(19-11-13-21-28-26)23-27(20-12-14-22-29-27)31(3,4)25-17-9-6-10-18-25/h5-10,15-18,23H,11-14,19-22H2,1-4H3. The zero-order chi connectivity index (χ0) is 22.0. The Hall–Kier alpha value is -1.21. The van der Waals surface area contributed by atoms with E-state index in [1.165, 1.54) is 36.1 Å². The van der Waals surface area contributed by atoms with Crippen molar-refractivity contribution in [1.82, 2.24) is 0 Å². The highest BCUT2D eigenvalue weighted by Crippen LogP contribution is 2.46. The molecular formula is C27H39O2Si2. The molecule has 1 radical (unpaired) electrons. The average molecular weight is 452 g/mol. The summed E-state index contributed by atoms with van der Waals surface area (Å²) in [4.78, 5) is 0. The van der Waals surface area contributed by atoms with Crippen molar-refractivity contribution < 1.29 is 9.47 Å². The molecule has 2 atom stereocenters. The second-order valence-electron chi connectivity index (χ2n) is 10.5. The molecule has 2 aromatic carbocycles. The maximum atomic E-state index is 6.89. The van der Waals surface area contributed by atoms with Gasteiger partial charge in [-0.25, -0.2) is 0 Å². The highest BCUT2D eigenvalue weighted by Gasteiger charge is 2.59. The van der Waals surface area contributed by atoms with E-state index in [0.717, 1.165) is 26.1 Å². The Morgan fingerprint density at radius 2 is 1.00 bits per heavy atom. The molecule has 0 amide bonds. The Balaban J connectivity index is 1.79. The van der Waals surface area contributed by atoms with Crippen LogP contribution in [0.25, 0.3) is 0 Å². The SMILES string of the molecule is C[Si](C)(c1ccccc1)C1([CH]C2([Si](C)(C)c3ccccc3)CCCCO2)CCCCO1. The van der Waals surface area contributed by atoms with Crippen LogP contribution in [-0.4, -0.2) is 39.8 Å². The molecule has 4 heteroatoms. The minimum atomic E-state index is -1.98. The Labute approximate surface area is 191 Å². The molecule has 0 N–H and O–H groups in total. The van der Waals surface area contributed by atoms with Gasteiger partial charge in [0.05, 0.1) is 10.4 Å². The minimum absolute atomic E-state index is 0.191. The predicted octanol–water partition coefficient (Wildman–Crippen LogP) is 5.38. The second kappa shape index (κ2) is 8.97. The molecule has 167 valence electrons. The molecule has 2 aliphatic rings. The van der Waals surface area contributed by atoms with Gasteiger partial charge in [-0.15, -0.1) is 0 Å². The van der Waals surface area contributed by atoms with Gasteiger partial charge in [-0.2, -0.15) is 0 Å². The number of rotatable bonds is 6. The van der Waals surface area contributed by atoms with Crippen LogP contribution < -0.4 is 10.4 Å². The van der Waals surface area contributed by atoms with Gasteiger partial charge in [0.25, 0.3) is 0 Å². The Kier molecular flexibility index (Phi) is 6.65. The average Bonchev–Trinajstić information content (AvgIpc) is 2.81. The van der Waals surface area contributed by atoms with Crippen LogP contribution in [0.3, 0.4) is 0 Å². The molecule has 0 aromatic heterocycles. The van der Waals surface area contributed by atoms with Gasteiger partial charge in [-0.05, 0) is 38.5 Å². The lowest BCUT2D eigenvalue weighted by molar-refractivity contribution is -0.0585. The lowest BCUT2D eigenvalue weighted by Crippen LogP contribution is -2.73. The smallest absolute Gasteiger partial charge is 0.117 e. The zero-order valence-corrected chi connectivity index (χ0v) is 21.8. The lowest BCUT2D eigenvalue weighted by Gasteiger charge is -2.56. The summed E-state index contributed by atoms with van der Waals surface area (Å²) < 4.78 is 13.8. The van der Waals surface area contributed by atoms with Crippen molar-refractivity contribution in [1.29, 1.82) is 0 Å². The van der Waals surface area contributed by atoms with Gasteiger partial charge in [0.1, 0.15) is 16.1 Å². The summed E-state index contributed by atoms with van der Waals surface area (Å²) in [6.45, 7) is 11.8. The lowest BCUT2D eigenvalue weighted by atomic mass is 9.97. The molecule has 4 rings (SSSR count). The summed E-state index contributed by atoms with van der Waals surface area (Å²) in [5.74, 6) is 0. The molecule has 0 spiro atoms. The third kappa shape index (κ3) is 4.12. The van der Waals surface area contributed by atoms with Crippen LogP contribution in [0.1, 0.15) is 38.5 Å². The maximum Gasteiger partial charge on any atom is 0.117 e. The van der Waals surface area contributed by atoms with Gasteiger partial charge in [0.15, 0.2) is 0 Å². The van der Waals surface area contributed by atoms with Gasteiger partial charge >= 0.3 is 0 Å². The molecular weight excluding hydrogens is 412 g/mol. The largest absolute Gasteiger partial charge is 0.378 e. The van der Waals surface area contributed by atoms with Gasteiger partial charge in [0.2, 0.25) is 0 Å². The van der Waals surface area contributed by atoms with E-state index in [4.69, 9.17) is 9.47 Å². The highest BCUT2D eigenvalue weighted by atomic mass is 28.3. The molecule has 31 heavy (non-hydrogen) atoms. The fourth-order valence-corrected chi connectivity index (χ4v) is 12.7. The van der Waals surface area contributed by atoms with Crippen LogP contribution in [0, 0.1) is 6.42 Å². The van der Waals surface area contributed by atoms with Crippen LogP contribution in [0.15, 0.2) is 60.7 Å². The predicted molar refractivity (Wildman–Crippen MR) is 136 cm³/mol. The van der Waals surface area contributed by atoms with Gasteiger partial charge < -0.3 is 9.47 Å². The van der Waals surface area contributed by atoms with E-state index >= 15 is 0 Å². The van der Waals surface area contributed by atoms with Crippen molar-refractivity contribution in [3.05, 3.63) is 67.1 Å². The van der Waals surface area contributed by atoms with Gasteiger partial charge in [0, 0.05) is 19.6 Å². The quantitative estimate of drug-likeness (QED) is 0.549. The summed E-state index contributed by atoms with van der Waals surface area (Å²) in [6, 6.07) is 22.3. The molecule has 0 aliphatic carbocycles. The van der Waals surface area contributed by atoms with Crippen LogP contribution in [0.4, 0.5) is 0 Å². The molecule has 0 saturated carbocycles. The van der Waals surface area contributed by atoms with E-state index in [1.54, 1.807) is 0 Å². The van der Waals surface area contributed by atoms with E-state index in [1.807, 2.05) is 0 Å². The van der Waals surface area contributed by atoms with Gasteiger partial charge in [-0.1, -0.05) is 97.2 Å². The first-order chi connectivity index (χ1) is 14.8. The van der Waals surface area contributed by atoms with Crippen molar-refractivity contribution in [2.75, 3.05) is 13.2 Å². The minimum Gasteiger partial charge on any atom is -0.378 e. The zero-order valence-electron chi connectivity index (χ0n) is 19.8. The van der Waals surface area contributed by atoms with Crippen LogP contribution >= 0.6 is 0 Å². The molecule has 2 unspecified atom stereocenters. The summed E-state index contributed by atoms with van der Waals surface area (Å²) in [6.07, 6.45) is 9.70. The van der Waals surface area contributed by atoms with E-state index in [-0.39, 0.29) is 10.4 Å². The first-order valence-corrected chi connectivity index (χ1v) is 18.1. The van der Waals surface area contributed by atoms with Crippen molar-refractivity contribution in [2.24, 2.45) is 0 Å². The van der Waals surface area contributed by atoms with Crippen molar-refractivity contribution in [3.8, 4) is 0 Å². The molecule has 2 nitrogen and oxygen atoms in total. The Bertz CT molecular complexity index is 765. The van der Waals surface area contributed by atoms with E-state index in [0.29, 0.717) is 0 Å².